The van der Waals surface area contributed by atoms with Crippen molar-refractivity contribution in [3.05, 3.63) is 29.8 Å². The van der Waals surface area contributed by atoms with Crippen molar-refractivity contribution in [3.63, 3.8) is 0 Å². The molecule has 3 nitrogen and oxygen atoms in total. The summed E-state index contributed by atoms with van der Waals surface area (Å²) in [7, 11) is 0. The van der Waals surface area contributed by atoms with Gasteiger partial charge >= 0.3 is 0 Å². The molecule has 0 saturated carbocycles. The first-order valence-electron chi connectivity index (χ1n) is 7.34. The maximum absolute atomic E-state index is 11.8. The number of carbonyl (C=O) groups is 2. The Labute approximate surface area is 121 Å². The molecule has 0 bridgehead atoms. The molecule has 0 aliphatic carbocycles. The van der Waals surface area contributed by atoms with Gasteiger partial charge in [-0.2, -0.15) is 0 Å². The summed E-state index contributed by atoms with van der Waals surface area (Å²) in [4.78, 5) is 23.5. The molecule has 0 aromatic heterocycles. The number of nitrogens with one attached hydrogen (secondary N) is 1. The van der Waals surface area contributed by atoms with E-state index in [1.165, 1.54) is 0 Å². The third kappa shape index (κ3) is 5.55. The highest BCUT2D eigenvalue weighted by molar-refractivity contribution is 5.98. The van der Waals surface area contributed by atoms with Gasteiger partial charge in [0.1, 0.15) is 0 Å². The third-order valence-corrected chi connectivity index (χ3v) is 3.16. The first-order valence-corrected chi connectivity index (χ1v) is 7.34. The van der Waals surface area contributed by atoms with Gasteiger partial charge in [0.2, 0.25) is 5.91 Å². The number of rotatable bonds is 7. The highest BCUT2D eigenvalue weighted by Gasteiger charge is 2.10. The van der Waals surface area contributed by atoms with Crippen molar-refractivity contribution in [2.24, 2.45) is 11.8 Å². The van der Waals surface area contributed by atoms with Gasteiger partial charge in [-0.05, 0) is 36.6 Å². The van der Waals surface area contributed by atoms with Gasteiger partial charge in [0, 0.05) is 23.6 Å². The van der Waals surface area contributed by atoms with Crippen LogP contribution in [0.3, 0.4) is 0 Å². The van der Waals surface area contributed by atoms with E-state index in [0.29, 0.717) is 17.9 Å². The van der Waals surface area contributed by atoms with Crippen LogP contribution in [0.2, 0.25) is 0 Å². The van der Waals surface area contributed by atoms with Gasteiger partial charge in [-0.15, -0.1) is 0 Å². The van der Waals surface area contributed by atoms with Gasteiger partial charge < -0.3 is 5.32 Å². The maximum atomic E-state index is 11.8. The van der Waals surface area contributed by atoms with Crippen molar-refractivity contribution in [2.45, 2.75) is 47.0 Å². The molecule has 1 N–H and O–H groups in total. The molecule has 3 heteroatoms. The van der Waals surface area contributed by atoms with Crippen LogP contribution in [0.15, 0.2) is 24.3 Å². The first-order chi connectivity index (χ1) is 9.40. The minimum Gasteiger partial charge on any atom is -0.326 e. The number of amides is 1. The van der Waals surface area contributed by atoms with Gasteiger partial charge in [0.05, 0.1) is 0 Å². The number of benzene rings is 1. The average Bonchev–Trinajstić information content (AvgIpc) is 2.38. The summed E-state index contributed by atoms with van der Waals surface area (Å²) in [5.41, 5.74) is 1.44. The Kier molecular flexibility index (Phi) is 6.43. The van der Waals surface area contributed by atoms with Crippen molar-refractivity contribution in [2.75, 3.05) is 5.32 Å². The number of hydrogen-bond acceptors (Lipinski definition) is 2. The molecule has 0 atom stereocenters. The number of Topliss-reactive ketones (excluding diaryl/α,β-unsaturated/α-hetero) is 1. The van der Waals surface area contributed by atoms with E-state index in [1.807, 2.05) is 13.8 Å². The van der Waals surface area contributed by atoms with Crippen LogP contribution < -0.4 is 5.32 Å². The summed E-state index contributed by atoms with van der Waals surface area (Å²) in [5.74, 6) is 0.781. The molecular formula is C17H25NO2. The summed E-state index contributed by atoms with van der Waals surface area (Å²) in [6, 6.07) is 7.12. The summed E-state index contributed by atoms with van der Waals surface area (Å²) < 4.78 is 0. The van der Waals surface area contributed by atoms with Crippen LogP contribution in [-0.2, 0) is 4.79 Å². The van der Waals surface area contributed by atoms with Gasteiger partial charge in [-0.25, -0.2) is 0 Å². The summed E-state index contributed by atoms with van der Waals surface area (Å²) in [5, 5.41) is 2.86. The standard InChI is InChI=1S/C17H25NO2/c1-12(2)6-5-7-16(19)18-15-10-8-14(9-11-15)17(20)13(3)4/h8-13H,5-7H2,1-4H3,(H,18,19). The van der Waals surface area contributed by atoms with Crippen LogP contribution in [-0.4, -0.2) is 11.7 Å². The van der Waals surface area contributed by atoms with Crippen molar-refractivity contribution in [1.82, 2.24) is 0 Å². The van der Waals surface area contributed by atoms with Gasteiger partial charge in [0.15, 0.2) is 5.78 Å². The van der Waals surface area contributed by atoms with Gasteiger partial charge in [0.25, 0.3) is 0 Å². The Morgan fingerprint density at radius 3 is 2.15 bits per heavy atom. The zero-order valence-electron chi connectivity index (χ0n) is 12.9. The fourth-order valence-corrected chi connectivity index (χ4v) is 1.95. The second-order valence-electron chi connectivity index (χ2n) is 5.93. The molecule has 20 heavy (non-hydrogen) atoms. The second kappa shape index (κ2) is 7.83. The first kappa shape index (κ1) is 16.4. The molecule has 1 aromatic carbocycles. The Bertz CT molecular complexity index is 447. The highest BCUT2D eigenvalue weighted by atomic mass is 16.1. The molecule has 0 fully saturated rings. The van der Waals surface area contributed by atoms with Crippen LogP contribution in [0.5, 0.6) is 0 Å². The Balaban J connectivity index is 2.49. The van der Waals surface area contributed by atoms with Gasteiger partial charge in [-0.3, -0.25) is 9.59 Å². The van der Waals surface area contributed by atoms with Crippen LogP contribution in [0, 0.1) is 11.8 Å². The molecule has 0 radical (unpaired) electrons. The quantitative estimate of drug-likeness (QED) is 0.754. The Morgan fingerprint density at radius 1 is 1.05 bits per heavy atom. The summed E-state index contributed by atoms with van der Waals surface area (Å²) >= 11 is 0. The van der Waals surface area contributed by atoms with Gasteiger partial charge in [-0.1, -0.05) is 34.1 Å². The predicted octanol–water partition coefficient (Wildman–Crippen LogP) is 4.29. The van der Waals surface area contributed by atoms with E-state index in [0.717, 1.165) is 18.5 Å². The highest BCUT2D eigenvalue weighted by Crippen LogP contribution is 2.14. The van der Waals surface area contributed by atoms with E-state index < -0.39 is 0 Å². The van der Waals surface area contributed by atoms with Crippen LogP contribution in [0.1, 0.15) is 57.3 Å². The molecular weight excluding hydrogens is 250 g/mol. The van der Waals surface area contributed by atoms with Crippen LogP contribution in [0.25, 0.3) is 0 Å². The monoisotopic (exact) mass is 275 g/mol. The predicted molar refractivity (Wildman–Crippen MR) is 82.9 cm³/mol. The molecule has 1 rings (SSSR count). The molecule has 110 valence electrons. The maximum Gasteiger partial charge on any atom is 0.224 e. The lowest BCUT2D eigenvalue weighted by molar-refractivity contribution is -0.116. The number of anilines is 1. The topological polar surface area (TPSA) is 46.2 Å². The van der Waals surface area contributed by atoms with E-state index in [9.17, 15) is 9.59 Å². The molecule has 0 spiro atoms. The smallest absolute Gasteiger partial charge is 0.224 e. The number of hydrogen-bond donors (Lipinski definition) is 1. The Morgan fingerprint density at radius 2 is 1.65 bits per heavy atom. The average molecular weight is 275 g/mol. The lowest BCUT2D eigenvalue weighted by Gasteiger charge is -2.08. The molecule has 1 aromatic rings. The molecule has 0 saturated heterocycles. The SMILES string of the molecule is CC(C)CCCC(=O)Nc1ccc(C(=O)C(C)C)cc1. The molecule has 0 aliphatic heterocycles. The largest absolute Gasteiger partial charge is 0.326 e. The number of ketones is 1. The minimum absolute atomic E-state index is 0.00789. The van der Waals surface area contributed by atoms with Crippen molar-refractivity contribution in [1.29, 1.82) is 0 Å². The zero-order valence-corrected chi connectivity index (χ0v) is 12.9. The van der Waals surface area contributed by atoms with Crippen LogP contribution in [0.4, 0.5) is 5.69 Å². The van der Waals surface area contributed by atoms with E-state index in [-0.39, 0.29) is 17.6 Å². The van der Waals surface area contributed by atoms with E-state index in [1.54, 1.807) is 24.3 Å². The second-order valence-corrected chi connectivity index (χ2v) is 5.93. The fraction of sp³-hybridized carbons (Fsp3) is 0.529. The van der Waals surface area contributed by atoms with E-state index >= 15 is 0 Å². The normalized spacial score (nSPS) is 10.9. The minimum atomic E-state index is -0.00789. The Hall–Kier alpha value is -1.64. The molecule has 0 unspecified atom stereocenters. The summed E-state index contributed by atoms with van der Waals surface area (Å²) in [6.07, 6.45) is 2.52. The van der Waals surface area contributed by atoms with Crippen molar-refractivity contribution >= 4 is 17.4 Å². The number of carbonyl (C=O) groups excluding carboxylic acids is 2. The molecule has 0 aliphatic rings. The molecule has 0 heterocycles. The van der Waals surface area contributed by atoms with E-state index in [4.69, 9.17) is 0 Å². The lowest BCUT2D eigenvalue weighted by Crippen LogP contribution is -2.12. The zero-order chi connectivity index (χ0) is 15.1. The van der Waals surface area contributed by atoms with Crippen molar-refractivity contribution < 1.29 is 9.59 Å². The lowest BCUT2D eigenvalue weighted by atomic mass is 10.0. The fourth-order valence-electron chi connectivity index (χ4n) is 1.95. The summed E-state index contributed by atoms with van der Waals surface area (Å²) in [6.45, 7) is 8.07. The third-order valence-electron chi connectivity index (χ3n) is 3.16. The van der Waals surface area contributed by atoms with Crippen LogP contribution >= 0.6 is 0 Å². The van der Waals surface area contributed by atoms with Crippen molar-refractivity contribution in [3.8, 4) is 0 Å². The molecule has 1 amide bonds. The van der Waals surface area contributed by atoms with E-state index in [2.05, 4.69) is 19.2 Å².